The van der Waals surface area contributed by atoms with Gasteiger partial charge in [0, 0.05) is 35.0 Å². The molecule has 3 aliphatic rings. The second-order valence-corrected chi connectivity index (χ2v) is 6.79. The summed E-state index contributed by atoms with van der Waals surface area (Å²) in [6.45, 7) is 2.12. The van der Waals surface area contributed by atoms with Crippen molar-refractivity contribution >= 4 is 11.4 Å². The summed E-state index contributed by atoms with van der Waals surface area (Å²) in [6.07, 6.45) is 1.06. The number of rotatable bonds is 2. The van der Waals surface area contributed by atoms with Crippen LogP contribution in [0.1, 0.15) is 17.5 Å². The van der Waals surface area contributed by atoms with Crippen LogP contribution >= 0.6 is 0 Å². The van der Waals surface area contributed by atoms with Crippen LogP contribution in [-0.2, 0) is 20.0 Å². The number of nitrogens with one attached hydrogen (secondary N) is 1. The lowest BCUT2D eigenvalue weighted by Crippen LogP contribution is -2.35. The van der Waals surface area contributed by atoms with Crippen LogP contribution in [0, 0.1) is 5.92 Å². The maximum Gasteiger partial charge on any atom is 0.227 e. The first-order valence-electron chi connectivity index (χ1n) is 8.75. The van der Waals surface area contributed by atoms with E-state index in [1.165, 1.54) is 0 Å². The molecule has 5 rings (SSSR count). The molecule has 2 unspecified atom stereocenters. The Hall–Kier alpha value is -2.08. The second-order valence-electron chi connectivity index (χ2n) is 6.79. The van der Waals surface area contributed by atoms with Crippen LogP contribution in [0.3, 0.4) is 0 Å². The number of anilines is 2. The fourth-order valence-electron chi connectivity index (χ4n) is 4.04. The van der Waals surface area contributed by atoms with Gasteiger partial charge in [0.2, 0.25) is 5.79 Å². The number of hydrogen-bond donors (Lipinski definition) is 1. The molecule has 0 amide bonds. The fraction of sp³-hybridized carbons (Fsp3) is 0.400. The van der Waals surface area contributed by atoms with Crippen molar-refractivity contribution in [2.45, 2.75) is 18.3 Å². The number of fused-ring (bicyclic) bond motifs is 4. The normalized spacial score (nSPS) is 30.0. The van der Waals surface area contributed by atoms with Crippen LogP contribution in [0.2, 0.25) is 0 Å². The Balaban J connectivity index is 1.63. The summed E-state index contributed by atoms with van der Waals surface area (Å²) in [4.78, 5) is 0. The zero-order valence-electron chi connectivity index (χ0n) is 14.2. The van der Waals surface area contributed by atoms with Gasteiger partial charge in [0.05, 0.1) is 26.4 Å². The lowest BCUT2D eigenvalue weighted by molar-refractivity contribution is -0.148. The molecule has 3 heterocycles. The molecule has 5 nitrogen and oxygen atoms in total. The molecule has 2 aromatic rings. The summed E-state index contributed by atoms with van der Waals surface area (Å²) >= 11 is 0. The first-order valence-corrected chi connectivity index (χ1v) is 8.75. The Morgan fingerprint density at radius 1 is 1.08 bits per heavy atom. The van der Waals surface area contributed by atoms with Gasteiger partial charge in [0.1, 0.15) is 5.75 Å². The summed E-state index contributed by atoms with van der Waals surface area (Å²) in [5.74, 6) is 0.286. The predicted octanol–water partition coefficient (Wildman–Crippen LogP) is 3.41. The molecule has 0 radical (unpaired) electrons. The quantitative estimate of drug-likeness (QED) is 0.909. The van der Waals surface area contributed by atoms with Crippen molar-refractivity contribution in [3.8, 4) is 5.75 Å². The van der Waals surface area contributed by atoms with Gasteiger partial charge in [-0.2, -0.15) is 0 Å². The van der Waals surface area contributed by atoms with Crippen molar-refractivity contribution in [2.75, 3.05) is 32.2 Å². The Labute approximate surface area is 146 Å². The maximum absolute atomic E-state index is 6.63. The molecule has 5 heteroatoms. The monoisotopic (exact) mass is 339 g/mol. The third-order valence-electron chi connectivity index (χ3n) is 5.39. The highest BCUT2D eigenvalue weighted by Gasteiger charge is 2.51. The van der Waals surface area contributed by atoms with Crippen LogP contribution < -0.4 is 10.1 Å². The van der Waals surface area contributed by atoms with E-state index in [-0.39, 0.29) is 6.10 Å². The molecule has 130 valence electrons. The minimum atomic E-state index is -0.890. The van der Waals surface area contributed by atoms with E-state index in [2.05, 4.69) is 17.4 Å². The smallest absolute Gasteiger partial charge is 0.227 e. The number of methoxy groups -OCH3 is 1. The average molecular weight is 339 g/mol. The van der Waals surface area contributed by atoms with Crippen LogP contribution in [0.25, 0.3) is 0 Å². The SMILES string of the molecule is COc1ccc2c(c1)[C@]1(OCC(C3CCOC3)O1)c1ccccc1N2. The zero-order chi connectivity index (χ0) is 16.9. The van der Waals surface area contributed by atoms with Crippen molar-refractivity contribution in [1.82, 2.24) is 0 Å². The van der Waals surface area contributed by atoms with Crippen LogP contribution in [-0.4, -0.2) is 33.0 Å². The minimum absolute atomic E-state index is 0.0349. The lowest BCUT2D eigenvalue weighted by Gasteiger charge is -2.37. The summed E-state index contributed by atoms with van der Waals surface area (Å²) in [7, 11) is 1.67. The molecule has 0 aromatic heterocycles. The lowest BCUT2D eigenvalue weighted by atomic mass is 9.90. The molecule has 3 atom stereocenters. The predicted molar refractivity (Wildman–Crippen MR) is 93.2 cm³/mol. The van der Waals surface area contributed by atoms with Gasteiger partial charge in [-0.25, -0.2) is 0 Å². The van der Waals surface area contributed by atoms with E-state index in [0.29, 0.717) is 12.5 Å². The molecule has 0 aliphatic carbocycles. The number of benzene rings is 2. The van der Waals surface area contributed by atoms with Crippen molar-refractivity contribution in [1.29, 1.82) is 0 Å². The van der Waals surface area contributed by atoms with Crippen molar-refractivity contribution < 1.29 is 18.9 Å². The largest absolute Gasteiger partial charge is 0.497 e. The van der Waals surface area contributed by atoms with E-state index in [0.717, 1.165) is 47.9 Å². The molecule has 2 aromatic carbocycles. The second kappa shape index (κ2) is 5.73. The van der Waals surface area contributed by atoms with Gasteiger partial charge >= 0.3 is 0 Å². The van der Waals surface area contributed by atoms with Crippen molar-refractivity contribution in [2.24, 2.45) is 5.92 Å². The van der Waals surface area contributed by atoms with E-state index in [4.69, 9.17) is 18.9 Å². The summed E-state index contributed by atoms with van der Waals surface area (Å²) in [5.41, 5.74) is 3.98. The topological polar surface area (TPSA) is 49.0 Å². The van der Waals surface area contributed by atoms with Gasteiger partial charge in [0.25, 0.3) is 0 Å². The van der Waals surface area contributed by atoms with E-state index in [1.807, 2.05) is 30.3 Å². The van der Waals surface area contributed by atoms with E-state index in [1.54, 1.807) is 7.11 Å². The van der Waals surface area contributed by atoms with Gasteiger partial charge in [-0.15, -0.1) is 0 Å². The Kier molecular flexibility index (Phi) is 3.48. The van der Waals surface area contributed by atoms with Gasteiger partial charge < -0.3 is 24.3 Å². The molecule has 3 aliphatic heterocycles. The Morgan fingerprint density at radius 3 is 2.80 bits per heavy atom. The molecule has 0 bridgehead atoms. The summed E-state index contributed by atoms with van der Waals surface area (Å²) in [6, 6.07) is 14.1. The van der Waals surface area contributed by atoms with Crippen LogP contribution in [0.15, 0.2) is 42.5 Å². The molecule has 25 heavy (non-hydrogen) atoms. The molecular formula is C20H21NO4. The fourth-order valence-corrected chi connectivity index (χ4v) is 4.04. The minimum Gasteiger partial charge on any atom is -0.497 e. The maximum atomic E-state index is 6.63. The molecular weight excluding hydrogens is 318 g/mol. The number of para-hydroxylation sites is 1. The number of ether oxygens (including phenoxy) is 4. The zero-order valence-corrected chi connectivity index (χ0v) is 14.2. The third-order valence-corrected chi connectivity index (χ3v) is 5.39. The Morgan fingerprint density at radius 2 is 1.96 bits per heavy atom. The van der Waals surface area contributed by atoms with E-state index < -0.39 is 5.79 Å². The van der Waals surface area contributed by atoms with E-state index in [9.17, 15) is 0 Å². The van der Waals surface area contributed by atoms with E-state index >= 15 is 0 Å². The van der Waals surface area contributed by atoms with Crippen LogP contribution in [0.4, 0.5) is 11.4 Å². The standard InChI is InChI=1S/C20H21NO4/c1-22-14-6-7-18-16(10-14)20(15-4-2-3-5-17(15)21-18)24-12-19(25-20)13-8-9-23-11-13/h2-7,10,13,19,21H,8-9,11-12H2,1H3/t13?,19?,20-/m0/s1. The van der Waals surface area contributed by atoms with Gasteiger partial charge in [-0.05, 0) is 30.7 Å². The summed E-state index contributed by atoms with van der Waals surface area (Å²) < 4.78 is 24.0. The molecule has 1 spiro atoms. The molecule has 1 N–H and O–H groups in total. The Bertz CT molecular complexity index is 802. The highest BCUT2D eigenvalue weighted by Crippen LogP contribution is 2.52. The van der Waals surface area contributed by atoms with Crippen molar-refractivity contribution in [3.63, 3.8) is 0 Å². The first kappa shape index (κ1) is 15.2. The van der Waals surface area contributed by atoms with Crippen LogP contribution in [0.5, 0.6) is 5.75 Å². The molecule has 2 fully saturated rings. The summed E-state index contributed by atoms with van der Waals surface area (Å²) in [5, 5.41) is 3.49. The molecule has 2 saturated heterocycles. The highest BCUT2D eigenvalue weighted by molar-refractivity contribution is 5.75. The average Bonchev–Trinajstić information content (AvgIpc) is 3.32. The first-order chi connectivity index (χ1) is 12.3. The van der Waals surface area contributed by atoms with Crippen molar-refractivity contribution in [3.05, 3.63) is 53.6 Å². The third kappa shape index (κ3) is 2.27. The van der Waals surface area contributed by atoms with Gasteiger partial charge in [0.15, 0.2) is 0 Å². The van der Waals surface area contributed by atoms with Gasteiger partial charge in [-0.3, -0.25) is 0 Å². The van der Waals surface area contributed by atoms with Gasteiger partial charge in [-0.1, -0.05) is 18.2 Å². The molecule has 0 saturated carbocycles. The highest BCUT2D eigenvalue weighted by atomic mass is 16.7. The number of hydrogen-bond acceptors (Lipinski definition) is 5.